The zero-order chi connectivity index (χ0) is 11.9. The monoisotopic (exact) mass is 222 g/mol. The van der Waals surface area contributed by atoms with Crippen LogP contribution in [0.15, 0.2) is 53.8 Å². The molecule has 1 aromatic heterocycles. The molecule has 1 heterocycles. The molecular formula is C13H10N4. The maximum atomic E-state index is 8.35. The van der Waals surface area contributed by atoms with Crippen LogP contribution in [0.5, 0.6) is 0 Å². The molecule has 82 valence electrons. The Balaban J connectivity index is 2.21. The Kier molecular flexibility index (Phi) is 3.53. The van der Waals surface area contributed by atoms with E-state index in [1.807, 2.05) is 48.6 Å². The van der Waals surface area contributed by atoms with Gasteiger partial charge in [0.05, 0.1) is 5.69 Å². The highest BCUT2D eigenvalue weighted by molar-refractivity contribution is 5.69. The molecule has 0 aliphatic heterocycles. The van der Waals surface area contributed by atoms with Gasteiger partial charge in [0, 0.05) is 16.8 Å². The van der Waals surface area contributed by atoms with Crippen molar-refractivity contribution >= 4 is 17.8 Å². The molecule has 4 nitrogen and oxygen atoms in total. The summed E-state index contributed by atoms with van der Waals surface area (Å²) in [6.07, 6.45) is 5.59. The van der Waals surface area contributed by atoms with Gasteiger partial charge >= 0.3 is 0 Å². The van der Waals surface area contributed by atoms with Crippen molar-refractivity contribution in [3.63, 3.8) is 0 Å². The summed E-state index contributed by atoms with van der Waals surface area (Å²) in [7, 11) is 0. The van der Waals surface area contributed by atoms with Gasteiger partial charge in [0.25, 0.3) is 0 Å². The average Bonchev–Trinajstić information content (AvgIpc) is 2.39. The minimum absolute atomic E-state index is 0.607. The molecule has 0 N–H and O–H groups in total. The molecule has 4 heteroatoms. The van der Waals surface area contributed by atoms with Crippen LogP contribution in [-0.4, -0.2) is 4.98 Å². The number of hydrogen-bond acceptors (Lipinski definition) is 2. The van der Waals surface area contributed by atoms with E-state index in [0.717, 1.165) is 11.3 Å². The smallest absolute Gasteiger partial charge is 0.0629 e. The normalized spacial score (nSPS) is 10.1. The van der Waals surface area contributed by atoms with E-state index in [2.05, 4.69) is 15.0 Å². The summed E-state index contributed by atoms with van der Waals surface area (Å²) in [5, 5.41) is 3.55. The predicted molar refractivity (Wildman–Crippen MR) is 68.4 cm³/mol. The third kappa shape index (κ3) is 3.19. The molecule has 0 unspecified atom stereocenters. The van der Waals surface area contributed by atoms with Crippen LogP contribution in [0.25, 0.3) is 22.6 Å². The molecule has 0 aliphatic rings. The molecule has 0 aliphatic carbocycles. The summed E-state index contributed by atoms with van der Waals surface area (Å²) < 4.78 is 0. The van der Waals surface area contributed by atoms with Crippen molar-refractivity contribution < 1.29 is 0 Å². The lowest BCUT2D eigenvalue weighted by atomic mass is 10.2. The Morgan fingerprint density at radius 3 is 2.82 bits per heavy atom. The van der Waals surface area contributed by atoms with Crippen LogP contribution in [0, 0.1) is 0 Å². The maximum Gasteiger partial charge on any atom is 0.0629 e. The van der Waals surface area contributed by atoms with E-state index in [-0.39, 0.29) is 0 Å². The van der Waals surface area contributed by atoms with E-state index in [1.54, 1.807) is 12.3 Å². The highest BCUT2D eigenvalue weighted by Crippen LogP contribution is 2.16. The number of pyridine rings is 1. The van der Waals surface area contributed by atoms with Crippen LogP contribution >= 0.6 is 0 Å². The van der Waals surface area contributed by atoms with Crippen LogP contribution in [0.3, 0.4) is 0 Å². The van der Waals surface area contributed by atoms with Gasteiger partial charge in [-0.1, -0.05) is 35.5 Å². The van der Waals surface area contributed by atoms with Crippen molar-refractivity contribution in [3.8, 4) is 0 Å². The minimum atomic E-state index is 0.607. The fourth-order valence-corrected chi connectivity index (χ4v) is 1.40. The van der Waals surface area contributed by atoms with Gasteiger partial charge in [-0.15, -0.1) is 0 Å². The molecule has 0 atom stereocenters. The lowest BCUT2D eigenvalue weighted by Crippen LogP contribution is -1.76. The van der Waals surface area contributed by atoms with Crippen molar-refractivity contribution in [3.05, 3.63) is 70.4 Å². The minimum Gasteiger partial charge on any atom is -0.257 e. The summed E-state index contributed by atoms with van der Waals surface area (Å²) in [4.78, 5) is 6.94. The summed E-state index contributed by atoms with van der Waals surface area (Å²) in [5.74, 6) is 0. The van der Waals surface area contributed by atoms with E-state index >= 15 is 0 Å². The second-order valence-electron chi connectivity index (χ2n) is 3.37. The van der Waals surface area contributed by atoms with Crippen LogP contribution in [0.2, 0.25) is 0 Å². The first-order valence-electron chi connectivity index (χ1n) is 5.13. The van der Waals surface area contributed by atoms with Gasteiger partial charge in [-0.3, -0.25) is 4.98 Å². The molecule has 1 aromatic carbocycles. The number of nitrogens with zero attached hydrogens (tertiary/aromatic N) is 4. The first-order chi connectivity index (χ1) is 8.38. The summed E-state index contributed by atoms with van der Waals surface area (Å²) in [6, 6.07) is 13.1. The number of azide groups is 1. The van der Waals surface area contributed by atoms with E-state index < -0.39 is 0 Å². The molecule has 2 aromatic rings. The molecule has 17 heavy (non-hydrogen) atoms. The highest BCUT2D eigenvalue weighted by atomic mass is 15.1. The Morgan fingerprint density at radius 1 is 1.12 bits per heavy atom. The zero-order valence-corrected chi connectivity index (χ0v) is 9.06. The van der Waals surface area contributed by atoms with Crippen molar-refractivity contribution in [1.29, 1.82) is 0 Å². The second kappa shape index (κ2) is 5.49. The molecule has 0 radical (unpaired) electrons. The van der Waals surface area contributed by atoms with Gasteiger partial charge < -0.3 is 0 Å². The van der Waals surface area contributed by atoms with Crippen molar-refractivity contribution in [2.75, 3.05) is 0 Å². The molecular weight excluding hydrogens is 212 g/mol. The Bertz CT molecular complexity index is 569. The lowest BCUT2D eigenvalue weighted by Gasteiger charge is -1.95. The number of hydrogen-bond donors (Lipinski definition) is 0. The van der Waals surface area contributed by atoms with Gasteiger partial charge in [-0.25, -0.2) is 0 Å². The molecule has 0 spiro atoms. The molecule has 0 fully saturated rings. The SMILES string of the molecule is [N-]=[N+]=Nc1cccc(C=Cc2ccccn2)c1. The Labute approximate surface area is 98.9 Å². The number of benzene rings is 1. The molecule has 0 amide bonds. The number of aromatic nitrogens is 1. The zero-order valence-electron chi connectivity index (χ0n) is 9.06. The van der Waals surface area contributed by atoms with E-state index in [0.29, 0.717) is 5.69 Å². The largest absolute Gasteiger partial charge is 0.257 e. The van der Waals surface area contributed by atoms with Gasteiger partial charge in [0.2, 0.25) is 0 Å². The Morgan fingerprint density at radius 2 is 2.06 bits per heavy atom. The van der Waals surface area contributed by atoms with Crippen LogP contribution in [-0.2, 0) is 0 Å². The van der Waals surface area contributed by atoms with Gasteiger partial charge in [0.15, 0.2) is 0 Å². The van der Waals surface area contributed by atoms with Crippen molar-refractivity contribution in [2.45, 2.75) is 0 Å². The molecule has 0 saturated carbocycles. The van der Waals surface area contributed by atoms with Crippen molar-refractivity contribution in [2.24, 2.45) is 5.11 Å². The summed E-state index contributed by atoms with van der Waals surface area (Å²) >= 11 is 0. The first-order valence-corrected chi connectivity index (χ1v) is 5.13. The third-order valence-corrected chi connectivity index (χ3v) is 2.16. The van der Waals surface area contributed by atoms with E-state index in [9.17, 15) is 0 Å². The van der Waals surface area contributed by atoms with Crippen LogP contribution in [0.4, 0.5) is 5.69 Å². The summed E-state index contributed by atoms with van der Waals surface area (Å²) in [5.41, 5.74) is 10.8. The highest BCUT2D eigenvalue weighted by Gasteiger charge is 1.90. The summed E-state index contributed by atoms with van der Waals surface area (Å²) in [6.45, 7) is 0. The van der Waals surface area contributed by atoms with Crippen LogP contribution < -0.4 is 0 Å². The predicted octanol–water partition coefficient (Wildman–Crippen LogP) is 4.19. The fraction of sp³-hybridized carbons (Fsp3) is 0. The standard InChI is InChI=1S/C13H10N4/c14-17-16-13-6-3-4-11(10-13)7-8-12-5-1-2-9-15-12/h1-10H. The average molecular weight is 222 g/mol. The van der Waals surface area contributed by atoms with Gasteiger partial charge in [-0.2, -0.15) is 0 Å². The molecule has 2 rings (SSSR count). The quantitative estimate of drug-likeness (QED) is 0.436. The first kappa shape index (κ1) is 10.9. The number of rotatable bonds is 3. The molecule has 0 bridgehead atoms. The topological polar surface area (TPSA) is 61.7 Å². The third-order valence-electron chi connectivity index (χ3n) is 2.16. The maximum absolute atomic E-state index is 8.35. The van der Waals surface area contributed by atoms with Crippen LogP contribution in [0.1, 0.15) is 11.3 Å². The van der Waals surface area contributed by atoms with E-state index in [4.69, 9.17) is 5.53 Å². The lowest BCUT2D eigenvalue weighted by molar-refractivity contribution is 1.30. The van der Waals surface area contributed by atoms with Gasteiger partial charge in [-0.05, 0) is 35.4 Å². The second-order valence-corrected chi connectivity index (χ2v) is 3.37. The van der Waals surface area contributed by atoms with E-state index in [1.165, 1.54) is 0 Å². The Hall–Kier alpha value is -2.58. The van der Waals surface area contributed by atoms with Crippen molar-refractivity contribution in [1.82, 2.24) is 4.98 Å². The van der Waals surface area contributed by atoms with Gasteiger partial charge in [0.1, 0.15) is 0 Å². The fourth-order valence-electron chi connectivity index (χ4n) is 1.40. The molecule has 0 saturated heterocycles.